The summed E-state index contributed by atoms with van der Waals surface area (Å²) in [5.74, 6) is 0.767. The Morgan fingerprint density at radius 3 is 2.68 bits per heavy atom. The van der Waals surface area contributed by atoms with E-state index in [2.05, 4.69) is 25.4 Å². The third-order valence-electron chi connectivity index (χ3n) is 7.54. The molecule has 0 atom stereocenters. The number of aryl methyl sites for hydroxylation is 1. The van der Waals surface area contributed by atoms with E-state index in [-0.39, 0.29) is 12.0 Å². The number of H-pyrrole nitrogens is 1. The first-order chi connectivity index (χ1) is 18.1. The summed E-state index contributed by atoms with van der Waals surface area (Å²) in [5.41, 5.74) is 5.23. The lowest BCUT2D eigenvalue weighted by molar-refractivity contribution is 0.0834. The van der Waals surface area contributed by atoms with Crippen molar-refractivity contribution in [2.75, 3.05) is 25.4 Å². The number of rotatable bonds is 7. The first-order valence-corrected chi connectivity index (χ1v) is 14.4. The Labute approximate surface area is 218 Å². The molecule has 0 saturated carbocycles. The van der Waals surface area contributed by atoms with Gasteiger partial charge < -0.3 is 10.1 Å². The molecule has 2 N–H and O–H groups in total. The monoisotopic (exact) mass is 513 g/mol. The van der Waals surface area contributed by atoms with Crippen LogP contribution in [0.25, 0.3) is 22.2 Å². The number of aromatic nitrogens is 3. The molecule has 8 heteroatoms. The molecule has 2 aromatic carbocycles. The molecule has 2 aliphatic rings. The molecular formula is C29H32N5O2P. The molecule has 2 fully saturated rings. The fraction of sp³-hybridized carbons (Fsp3) is 0.345. The van der Waals surface area contributed by atoms with Crippen molar-refractivity contribution in [2.45, 2.75) is 38.5 Å². The quantitative estimate of drug-likeness (QED) is 0.348. The maximum Gasteiger partial charge on any atom is 0.251 e. The molecule has 0 radical (unpaired) electrons. The van der Waals surface area contributed by atoms with Crippen molar-refractivity contribution < 1.29 is 9.53 Å². The number of nitrogens with zero attached hydrogens (tertiary/aromatic N) is 3. The number of hydrogen-bond acceptors (Lipinski definition) is 5. The van der Waals surface area contributed by atoms with Crippen LogP contribution < -0.4 is 10.1 Å². The lowest BCUT2D eigenvalue weighted by Crippen LogP contribution is -2.49. The predicted octanol–water partition coefficient (Wildman–Crippen LogP) is 4.77. The first-order valence-electron chi connectivity index (χ1n) is 13.0. The van der Waals surface area contributed by atoms with Crippen LogP contribution in [-0.4, -0.2) is 63.5 Å². The molecule has 7 nitrogen and oxygen atoms in total. The summed E-state index contributed by atoms with van der Waals surface area (Å²) in [6.45, 7) is 4.68. The third kappa shape index (κ3) is 5.25. The number of likely N-dealkylation sites (tertiary alicyclic amines) is 1. The molecular weight excluding hydrogens is 481 g/mol. The predicted molar refractivity (Wildman–Crippen MR) is 149 cm³/mol. The molecule has 2 aliphatic heterocycles. The second-order valence-electron chi connectivity index (χ2n) is 9.97. The Balaban J connectivity index is 1.12. The molecule has 0 unspecified atom stereocenters. The Bertz CT molecular complexity index is 1390. The van der Waals surface area contributed by atoms with Gasteiger partial charge in [0.25, 0.3) is 5.91 Å². The van der Waals surface area contributed by atoms with Gasteiger partial charge in [0.15, 0.2) is 0 Å². The second kappa shape index (κ2) is 10.6. The minimum atomic E-state index is -0.133. The topological polar surface area (TPSA) is 83.1 Å². The fourth-order valence-corrected chi connectivity index (χ4v) is 6.18. The standard InChI is InChI=1S/C29H32N5O2P/c1-19-3-2-12-30-27(19)16-31-29(35)21-6-9-26-25(15-21)28(33-32-26)20-4-7-23(8-5-20)36-24-10-13-34(14-11-24)22-17-37-18-22/h2-9,12,15,22,24,37H,10-11,13-14,16-18H2,1H3,(H,31,35)(H,32,33). The van der Waals surface area contributed by atoms with E-state index in [1.54, 1.807) is 6.20 Å². The molecule has 0 spiro atoms. The summed E-state index contributed by atoms with van der Waals surface area (Å²) in [4.78, 5) is 19.9. The number of aromatic amines is 1. The average molecular weight is 514 g/mol. The zero-order chi connectivity index (χ0) is 25.2. The second-order valence-corrected chi connectivity index (χ2v) is 11.3. The van der Waals surface area contributed by atoms with Crippen LogP contribution in [0.15, 0.2) is 60.8 Å². The van der Waals surface area contributed by atoms with Crippen LogP contribution in [-0.2, 0) is 6.54 Å². The number of benzene rings is 2. The van der Waals surface area contributed by atoms with Crippen molar-refractivity contribution in [1.82, 2.24) is 25.4 Å². The minimum Gasteiger partial charge on any atom is -0.490 e. The van der Waals surface area contributed by atoms with E-state index < -0.39 is 0 Å². The van der Waals surface area contributed by atoms with Gasteiger partial charge in [-0.1, -0.05) is 6.07 Å². The number of hydrogen-bond donors (Lipinski definition) is 2. The number of pyridine rings is 1. The van der Waals surface area contributed by atoms with Crippen molar-refractivity contribution in [3.63, 3.8) is 0 Å². The molecule has 1 amide bonds. The maximum atomic E-state index is 12.9. The summed E-state index contributed by atoms with van der Waals surface area (Å²) < 4.78 is 6.31. The van der Waals surface area contributed by atoms with Crippen LogP contribution >= 0.6 is 8.58 Å². The average Bonchev–Trinajstić information content (AvgIpc) is 3.32. The molecule has 190 valence electrons. The Morgan fingerprint density at radius 1 is 1.14 bits per heavy atom. The smallest absolute Gasteiger partial charge is 0.251 e. The van der Waals surface area contributed by atoms with Crippen LogP contribution in [0, 0.1) is 6.92 Å². The highest BCUT2D eigenvalue weighted by Crippen LogP contribution is 2.32. The van der Waals surface area contributed by atoms with Crippen molar-refractivity contribution in [3.05, 3.63) is 77.6 Å². The zero-order valence-corrected chi connectivity index (χ0v) is 22.0. The van der Waals surface area contributed by atoms with Gasteiger partial charge in [-0.2, -0.15) is 5.10 Å². The molecule has 2 saturated heterocycles. The van der Waals surface area contributed by atoms with Crippen molar-refractivity contribution in [1.29, 1.82) is 0 Å². The lowest BCUT2D eigenvalue weighted by atomic mass is 10.0. The molecule has 4 aromatic rings. The number of nitrogens with one attached hydrogen (secondary N) is 2. The van der Waals surface area contributed by atoms with Crippen LogP contribution in [0.4, 0.5) is 0 Å². The third-order valence-corrected chi connectivity index (χ3v) is 9.06. The summed E-state index contributed by atoms with van der Waals surface area (Å²) in [6.07, 6.45) is 7.00. The Morgan fingerprint density at radius 2 is 1.95 bits per heavy atom. The number of amides is 1. The van der Waals surface area contributed by atoms with E-state index in [0.29, 0.717) is 12.1 Å². The lowest BCUT2D eigenvalue weighted by Gasteiger charge is -2.41. The SMILES string of the molecule is Cc1cccnc1CNC(=O)c1ccc2[nH]nc(-c3ccc(OC4CCN(C5CPC5)CC4)cc3)c2c1. The molecule has 2 aromatic heterocycles. The molecule has 0 bridgehead atoms. The Kier molecular flexibility index (Phi) is 6.90. The van der Waals surface area contributed by atoms with E-state index in [1.165, 1.54) is 20.9 Å². The summed E-state index contributed by atoms with van der Waals surface area (Å²) >= 11 is 0. The van der Waals surface area contributed by atoms with Gasteiger partial charge >= 0.3 is 0 Å². The highest BCUT2D eigenvalue weighted by atomic mass is 31.1. The van der Waals surface area contributed by atoms with Gasteiger partial charge in [-0.15, -0.1) is 8.58 Å². The fourth-order valence-electron chi connectivity index (χ4n) is 5.12. The highest BCUT2D eigenvalue weighted by Gasteiger charge is 2.29. The zero-order valence-electron chi connectivity index (χ0n) is 21.0. The van der Waals surface area contributed by atoms with E-state index in [9.17, 15) is 4.79 Å². The Hall–Kier alpha value is -3.28. The van der Waals surface area contributed by atoms with E-state index in [0.717, 1.165) is 71.1 Å². The number of carbonyl (C=O) groups is 1. The van der Waals surface area contributed by atoms with Crippen LogP contribution in [0.2, 0.25) is 0 Å². The largest absolute Gasteiger partial charge is 0.490 e. The van der Waals surface area contributed by atoms with Gasteiger partial charge in [0.2, 0.25) is 0 Å². The van der Waals surface area contributed by atoms with E-state index >= 15 is 0 Å². The normalized spacial score (nSPS) is 19.1. The first kappa shape index (κ1) is 24.1. The van der Waals surface area contributed by atoms with Gasteiger partial charge in [-0.05, 0) is 86.2 Å². The summed E-state index contributed by atoms with van der Waals surface area (Å²) in [5, 5.41) is 11.5. The van der Waals surface area contributed by atoms with Crippen molar-refractivity contribution >= 4 is 25.4 Å². The van der Waals surface area contributed by atoms with Gasteiger partial charge in [0.05, 0.1) is 23.4 Å². The van der Waals surface area contributed by atoms with Crippen LogP contribution in [0.3, 0.4) is 0 Å². The van der Waals surface area contributed by atoms with E-state index in [1.807, 2.05) is 61.5 Å². The van der Waals surface area contributed by atoms with E-state index in [4.69, 9.17) is 4.74 Å². The number of fused-ring (bicyclic) bond motifs is 1. The molecule has 6 rings (SSSR count). The van der Waals surface area contributed by atoms with Crippen LogP contribution in [0.1, 0.15) is 34.5 Å². The van der Waals surface area contributed by atoms with Gasteiger partial charge in [0.1, 0.15) is 11.9 Å². The van der Waals surface area contributed by atoms with Gasteiger partial charge in [0, 0.05) is 41.8 Å². The molecule has 37 heavy (non-hydrogen) atoms. The number of piperidine rings is 1. The van der Waals surface area contributed by atoms with Gasteiger partial charge in [-0.25, -0.2) is 0 Å². The summed E-state index contributed by atoms with van der Waals surface area (Å²) in [7, 11) is 1.17. The minimum absolute atomic E-state index is 0.133. The van der Waals surface area contributed by atoms with Crippen molar-refractivity contribution in [3.8, 4) is 17.0 Å². The summed E-state index contributed by atoms with van der Waals surface area (Å²) in [6, 6.07) is 18.5. The van der Waals surface area contributed by atoms with Crippen molar-refractivity contribution in [2.24, 2.45) is 0 Å². The number of ether oxygens (including phenoxy) is 1. The maximum absolute atomic E-state index is 12.9. The number of carbonyl (C=O) groups excluding carboxylic acids is 1. The highest BCUT2D eigenvalue weighted by molar-refractivity contribution is 7.40. The van der Waals surface area contributed by atoms with Gasteiger partial charge in [-0.3, -0.25) is 19.8 Å². The molecule has 0 aliphatic carbocycles. The molecule has 4 heterocycles. The van der Waals surface area contributed by atoms with Crippen LogP contribution in [0.5, 0.6) is 5.75 Å².